The maximum absolute atomic E-state index is 11.8. The number of rotatable bonds is 5. The van der Waals surface area contributed by atoms with Crippen molar-refractivity contribution in [3.63, 3.8) is 0 Å². The van der Waals surface area contributed by atoms with Gasteiger partial charge in [0.2, 0.25) is 5.91 Å². The van der Waals surface area contributed by atoms with Gasteiger partial charge in [0.05, 0.1) is 18.8 Å². The first-order chi connectivity index (χ1) is 11.0. The Labute approximate surface area is 136 Å². The number of nitrogens with one attached hydrogen (secondary N) is 1. The summed E-state index contributed by atoms with van der Waals surface area (Å²) in [6.07, 6.45) is -7.65. The third-order valence-electron chi connectivity index (χ3n) is 3.43. The molecule has 6 N–H and O–H groups in total. The first-order valence-electron chi connectivity index (χ1n) is 7.07. The summed E-state index contributed by atoms with van der Waals surface area (Å²) >= 11 is 0. The fourth-order valence-corrected chi connectivity index (χ4v) is 2.34. The molecule has 11 heteroatoms. The quantitative estimate of drug-likeness (QED) is 0.212. The van der Waals surface area contributed by atoms with Crippen LogP contribution in [0.2, 0.25) is 0 Å². The van der Waals surface area contributed by atoms with Gasteiger partial charge in [-0.1, -0.05) is 0 Å². The summed E-state index contributed by atoms with van der Waals surface area (Å²) in [5.41, 5.74) is 0. The van der Waals surface area contributed by atoms with Gasteiger partial charge >= 0.3 is 11.9 Å². The lowest BCUT2D eigenvalue weighted by Crippen LogP contribution is -2.67. The average Bonchev–Trinajstić information content (AvgIpc) is 2.47. The van der Waals surface area contributed by atoms with Crippen LogP contribution in [0.25, 0.3) is 0 Å². The number of aliphatic hydroxyl groups is 5. The topological polar surface area (TPSA) is 183 Å². The molecule has 0 spiro atoms. The van der Waals surface area contributed by atoms with Gasteiger partial charge in [-0.05, 0) is 0 Å². The fourth-order valence-electron chi connectivity index (χ4n) is 2.34. The van der Waals surface area contributed by atoms with Crippen molar-refractivity contribution < 1.29 is 49.4 Å². The summed E-state index contributed by atoms with van der Waals surface area (Å²) < 4.78 is 9.27. The van der Waals surface area contributed by atoms with E-state index in [-0.39, 0.29) is 0 Å². The van der Waals surface area contributed by atoms with Crippen LogP contribution in [0.15, 0.2) is 0 Å². The molecule has 0 aromatic carbocycles. The van der Waals surface area contributed by atoms with Crippen LogP contribution in [0, 0.1) is 0 Å². The largest absolute Gasteiger partial charge is 0.394 e. The summed E-state index contributed by atoms with van der Waals surface area (Å²) in [6, 6.07) is -1.30. The third kappa shape index (κ3) is 4.69. The van der Waals surface area contributed by atoms with E-state index in [9.17, 15) is 34.8 Å². The van der Waals surface area contributed by atoms with E-state index in [2.05, 4.69) is 10.1 Å². The molecule has 1 aliphatic rings. The van der Waals surface area contributed by atoms with Gasteiger partial charge in [-0.25, -0.2) is 4.79 Å². The van der Waals surface area contributed by atoms with E-state index in [4.69, 9.17) is 9.84 Å². The number of hydrogen-bond acceptors (Lipinski definition) is 10. The second kappa shape index (κ2) is 7.96. The predicted octanol–water partition coefficient (Wildman–Crippen LogP) is -3.87. The lowest BCUT2D eigenvalue weighted by atomic mass is 9.88. The monoisotopic (exact) mass is 351 g/mol. The number of hydrogen-bond donors (Lipinski definition) is 6. The van der Waals surface area contributed by atoms with Gasteiger partial charge in [0.25, 0.3) is 5.79 Å². The van der Waals surface area contributed by atoms with Gasteiger partial charge in [0, 0.05) is 20.3 Å². The van der Waals surface area contributed by atoms with Crippen LogP contribution >= 0.6 is 0 Å². The highest BCUT2D eigenvalue weighted by atomic mass is 16.7. The van der Waals surface area contributed by atoms with Gasteiger partial charge in [0.1, 0.15) is 18.3 Å². The van der Waals surface area contributed by atoms with E-state index in [1.807, 2.05) is 0 Å². The highest BCUT2D eigenvalue weighted by Gasteiger charge is 2.54. The average molecular weight is 351 g/mol. The first-order valence-corrected chi connectivity index (χ1v) is 7.07. The Morgan fingerprint density at radius 2 is 1.92 bits per heavy atom. The van der Waals surface area contributed by atoms with E-state index in [1.165, 1.54) is 0 Å². The minimum Gasteiger partial charge on any atom is -0.394 e. The van der Waals surface area contributed by atoms with Crippen molar-refractivity contribution in [3.8, 4) is 0 Å². The minimum atomic E-state index is -2.79. The molecule has 1 aliphatic heterocycles. The van der Waals surface area contributed by atoms with Crippen LogP contribution in [0.3, 0.4) is 0 Å². The molecule has 138 valence electrons. The van der Waals surface area contributed by atoms with Crippen molar-refractivity contribution in [2.45, 2.75) is 56.5 Å². The maximum Gasteiger partial charge on any atom is 0.374 e. The van der Waals surface area contributed by atoms with Crippen LogP contribution in [-0.2, 0) is 23.9 Å². The second-order valence-corrected chi connectivity index (χ2v) is 5.49. The fraction of sp³-hybridized carbons (Fsp3) is 0.769. The van der Waals surface area contributed by atoms with Crippen LogP contribution in [-0.4, -0.2) is 86.2 Å². The third-order valence-corrected chi connectivity index (χ3v) is 3.43. The molecule has 1 rings (SSSR count). The molecule has 1 unspecified atom stereocenters. The molecule has 0 aromatic rings. The van der Waals surface area contributed by atoms with E-state index in [0.717, 1.165) is 13.8 Å². The lowest BCUT2D eigenvalue weighted by molar-refractivity contribution is -0.295. The van der Waals surface area contributed by atoms with E-state index < -0.39 is 67.1 Å². The Bertz CT molecular complexity index is 497. The number of carbonyl (C=O) groups is 3. The Kier molecular flexibility index (Phi) is 6.77. The molecule has 24 heavy (non-hydrogen) atoms. The van der Waals surface area contributed by atoms with Crippen molar-refractivity contribution >= 4 is 17.8 Å². The maximum atomic E-state index is 11.8. The molecule has 11 nitrogen and oxygen atoms in total. The van der Waals surface area contributed by atoms with Crippen molar-refractivity contribution in [3.05, 3.63) is 0 Å². The highest BCUT2D eigenvalue weighted by Crippen LogP contribution is 2.31. The van der Waals surface area contributed by atoms with Gasteiger partial charge < -0.3 is 40.3 Å². The van der Waals surface area contributed by atoms with Crippen molar-refractivity contribution in [1.82, 2.24) is 5.32 Å². The smallest absolute Gasteiger partial charge is 0.374 e. The molecule has 0 saturated carbocycles. The summed E-state index contributed by atoms with van der Waals surface area (Å²) in [7, 11) is 0. The number of esters is 2. The van der Waals surface area contributed by atoms with E-state index in [1.54, 1.807) is 0 Å². The molecule has 0 bridgehead atoms. The van der Waals surface area contributed by atoms with Crippen LogP contribution < -0.4 is 5.32 Å². The van der Waals surface area contributed by atoms with Gasteiger partial charge in [0.15, 0.2) is 0 Å². The second-order valence-electron chi connectivity index (χ2n) is 5.49. The standard InChI is InChI=1S/C13H21NO10/c1-5(16)14-9-7(18)3-13(22,12(21)23-6(2)17)24-11(9)10(20)8(19)4-15/h7-11,15,18-20,22H,3-4H2,1-2H3,(H,14,16)/t7-,8+,9+,10?,11+,13+/m0/s1. The van der Waals surface area contributed by atoms with E-state index in [0.29, 0.717) is 0 Å². The van der Waals surface area contributed by atoms with Gasteiger partial charge in [-0.3, -0.25) is 9.59 Å². The Morgan fingerprint density at radius 1 is 1.33 bits per heavy atom. The summed E-state index contributed by atoms with van der Waals surface area (Å²) in [5, 5.41) is 51.0. The highest BCUT2D eigenvalue weighted by molar-refractivity contribution is 5.88. The number of carbonyl (C=O) groups excluding carboxylic acids is 3. The molecular formula is C13H21NO10. The Hall–Kier alpha value is -1.63. The normalized spacial score (nSPS) is 32.5. The number of aliphatic hydroxyl groups excluding tert-OH is 4. The van der Waals surface area contributed by atoms with Crippen molar-refractivity contribution in [1.29, 1.82) is 0 Å². The number of amides is 1. The van der Waals surface area contributed by atoms with Crippen molar-refractivity contribution in [2.75, 3.05) is 6.61 Å². The summed E-state index contributed by atoms with van der Waals surface area (Å²) in [5.74, 6) is -5.97. The van der Waals surface area contributed by atoms with Gasteiger partial charge in [-0.2, -0.15) is 0 Å². The zero-order chi connectivity index (χ0) is 18.7. The molecule has 0 radical (unpaired) electrons. The molecule has 0 aromatic heterocycles. The number of ether oxygens (including phenoxy) is 2. The van der Waals surface area contributed by atoms with Crippen molar-refractivity contribution in [2.24, 2.45) is 0 Å². The van der Waals surface area contributed by atoms with Crippen LogP contribution in [0.5, 0.6) is 0 Å². The molecule has 1 saturated heterocycles. The molecular weight excluding hydrogens is 330 g/mol. The first kappa shape index (κ1) is 20.4. The molecule has 1 fully saturated rings. The molecule has 6 atom stereocenters. The van der Waals surface area contributed by atoms with Crippen LogP contribution in [0.4, 0.5) is 0 Å². The predicted molar refractivity (Wildman–Crippen MR) is 73.9 cm³/mol. The van der Waals surface area contributed by atoms with E-state index >= 15 is 0 Å². The summed E-state index contributed by atoms with van der Waals surface area (Å²) in [6.45, 7) is 1.13. The Morgan fingerprint density at radius 3 is 2.38 bits per heavy atom. The minimum absolute atomic E-state index is 0.616. The molecule has 1 heterocycles. The Balaban J connectivity index is 3.11. The SMILES string of the molecule is CC(=O)N[C@@H]1[C@@H](O)C[C@](O)(C(=O)OC(C)=O)O[C@H]1C(O)[C@H](O)CO. The van der Waals surface area contributed by atoms with Gasteiger partial charge in [-0.15, -0.1) is 0 Å². The molecule has 0 aliphatic carbocycles. The van der Waals surface area contributed by atoms with Crippen LogP contribution in [0.1, 0.15) is 20.3 Å². The molecule has 1 amide bonds. The zero-order valence-corrected chi connectivity index (χ0v) is 13.1. The zero-order valence-electron chi connectivity index (χ0n) is 13.1. The lowest BCUT2D eigenvalue weighted by Gasteiger charge is -2.44. The summed E-state index contributed by atoms with van der Waals surface area (Å²) in [4.78, 5) is 33.9.